The van der Waals surface area contributed by atoms with E-state index in [0.717, 1.165) is 34.7 Å². The molecule has 0 fully saturated rings. The number of aromatic nitrogens is 2. The first kappa shape index (κ1) is 13.6. The summed E-state index contributed by atoms with van der Waals surface area (Å²) in [5, 5.41) is 4.40. The highest BCUT2D eigenvalue weighted by Crippen LogP contribution is 2.21. The van der Waals surface area contributed by atoms with E-state index in [9.17, 15) is 0 Å². The summed E-state index contributed by atoms with van der Waals surface area (Å²) in [7, 11) is 0. The molecular weight excluding hydrogens is 262 g/mol. The van der Waals surface area contributed by atoms with Crippen LogP contribution in [0.4, 0.5) is 5.82 Å². The molecule has 2 heterocycles. The monoisotopic (exact) mass is 281 g/mol. The molecule has 4 nitrogen and oxygen atoms in total. The van der Waals surface area contributed by atoms with Crippen LogP contribution >= 0.6 is 0 Å². The molecule has 0 aliphatic heterocycles. The molecule has 0 aliphatic carbocycles. The first-order valence-electron chi connectivity index (χ1n) is 7.24. The lowest BCUT2D eigenvalue weighted by Gasteiger charge is -2.11. The Morgan fingerprint density at radius 2 is 1.95 bits per heavy atom. The Hall–Kier alpha value is -2.36. The summed E-state index contributed by atoms with van der Waals surface area (Å²) in [6.45, 7) is 4.97. The smallest absolute Gasteiger partial charge is 0.138 e. The Bertz CT molecular complexity index is 720. The molecule has 0 aliphatic rings. The molecule has 0 amide bonds. The maximum absolute atomic E-state index is 5.36. The maximum atomic E-state index is 5.36. The Kier molecular flexibility index (Phi) is 3.86. The number of para-hydroxylation sites is 1. The predicted molar refractivity (Wildman–Crippen MR) is 84.1 cm³/mol. The van der Waals surface area contributed by atoms with Crippen LogP contribution in [0.25, 0.3) is 10.9 Å². The van der Waals surface area contributed by atoms with Gasteiger partial charge in [0.1, 0.15) is 17.4 Å². The number of nitrogens with zero attached hydrogens (tertiary/aromatic N) is 2. The highest BCUT2D eigenvalue weighted by molar-refractivity contribution is 5.88. The van der Waals surface area contributed by atoms with E-state index in [1.807, 2.05) is 36.4 Å². The SMILES string of the molecule is CC(C)Cc1nc(NCc2ccco2)c2ccccc2n1. The molecule has 108 valence electrons. The molecule has 0 spiro atoms. The lowest BCUT2D eigenvalue weighted by atomic mass is 10.1. The molecule has 1 aromatic carbocycles. The summed E-state index contributed by atoms with van der Waals surface area (Å²) in [5.74, 6) is 3.17. The molecule has 0 radical (unpaired) electrons. The zero-order valence-corrected chi connectivity index (χ0v) is 12.3. The van der Waals surface area contributed by atoms with Crippen molar-refractivity contribution in [2.24, 2.45) is 5.92 Å². The highest BCUT2D eigenvalue weighted by Gasteiger charge is 2.09. The van der Waals surface area contributed by atoms with Crippen LogP contribution in [-0.2, 0) is 13.0 Å². The zero-order valence-electron chi connectivity index (χ0n) is 12.3. The fourth-order valence-corrected chi connectivity index (χ4v) is 2.30. The number of hydrogen-bond donors (Lipinski definition) is 1. The van der Waals surface area contributed by atoms with Crippen LogP contribution in [0.5, 0.6) is 0 Å². The molecule has 3 aromatic rings. The van der Waals surface area contributed by atoms with Gasteiger partial charge in [-0.25, -0.2) is 9.97 Å². The number of hydrogen-bond acceptors (Lipinski definition) is 4. The third-order valence-electron chi connectivity index (χ3n) is 3.25. The van der Waals surface area contributed by atoms with E-state index >= 15 is 0 Å². The summed E-state index contributed by atoms with van der Waals surface area (Å²) >= 11 is 0. The van der Waals surface area contributed by atoms with Crippen LogP contribution in [0, 0.1) is 5.92 Å². The van der Waals surface area contributed by atoms with Gasteiger partial charge < -0.3 is 9.73 Å². The van der Waals surface area contributed by atoms with Gasteiger partial charge in [-0.05, 0) is 30.2 Å². The van der Waals surface area contributed by atoms with Gasteiger partial charge in [0.15, 0.2) is 0 Å². The van der Waals surface area contributed by atoms with Gasteiger partial charge in [0, 0.05) is 11.8 Å². The van der Waals surface area contributed by atoms with E-state index < -0.39 is 0 Å². The fraction of sp³-hybridized carbons (Fsp3) is 0.294. The lowest BCUT2D eigenvalue weighted by molar-refractivity contribution is 0.517. The number of anilines is 1. The van der Waals surface area contributed by atoms with Crippen LogP contribution in [0.3, 0.4) is 0 Å². The van der Waals surface area contributed by atoms with Gasteiger partial charge in [-0.3, -0.25) is 0 Å². The summed E-state index contributed by atoms with van der Waals surface area (Å²) in [4.78, 5) is 9.32. The molecule has 0 atom stereocenters. The fourth-order valence-electron chi connectivity index (χ4n) is 2.30. The molecule has 0 saturated heterocycles. The van der Waals surface area contributed by atoms with E-state index in [1.165, 1.54) is 0 Å². The van der Waals surface area contributed by atoms with Gasteiger partial charge in [-0.1, -0.05) is 26.0 Å². The quantitative estimate of drug-likeness (QED) is 0.767. The minimum absolute atomic E-state index is 0.532. The molecule has 4 heteroatoms. The van der Waals surface area contributed by atoms with Crippen LogP contribution < -0.4 is 5.32 Å². The van der Waals surface area contributed by atoms with Crippen LogP contribution in [0.2, 0.25) is 0 Å². The molecule has 0 saturated carbocycles. The highest BCUT2D eigenvalue weighted by atomic mass is 16.3. The van der Waals surface area contributed by atoms with Crippen molar-refractivity contribution in [1.82, 2.24) is 9.97 Å². The molecule has 2 aromatic heterocycles. The van der Waals surface area contributed by atoms with Crippen molar-refractivity contribution in [3.8, 4) is 0 Å². The summed E-state index contributed by atoms with van der Waals surface area (Å²) < 4.78 is 5.36. The normalized spacial score (nSPS) is 11.2. The number of benzene rings is 1. The van der Waals surface area contributed by atoms with Crippen LogP contribution in [0.15, 0.2) is 47.1 Å². The van der Waals surface area contributed by atoms with E-state index in [-0.39, 0.29) is 0 Å². The van der Waals surface area contributed by atoms with Crippen molar-refractivity contribution in [1.29, 1.82) is 0 Å². The molecule has 1 N–H and O–H groups in total. The second kappa shape index (κ2) is 5.95. The Morgan fingerprint density at radius 1 is 1.10 bits per heavy atom. The second-order valence-electron chi connectivity index (χ2n) is 5.54. The van der Waals surface area contributed by atoms with E-state index in [2.05, 4.69) is 29.1 Å². The van der Waals surface area contributed by atoms with Crippen molar-refractivity contribution in [3.05, 3.63) is 54.2 Å². The summed E-state index contributed by atoms with van der Waals surface area (Å²) in [6, 6.07) is 11.9. The first-order valence-corrected chi connectivity index (χ1v) is 7.24. The zero-order chi connectivity index (χ0) is 14.7. The largest absolute Gasteiger partial charge is 0.467 e. The molecule has 21 heavy (non-hydrogen) atoms. The van der Waals surface area contributed by atoms with Gasteiger partial charge >= 0.3 is 0 Å². The second-order valence-corrected chi connectivity index (χ2v) is 5.54. The van der Waals surface area contributed by atoms with Crippen molar-refractivity contribution >= 4 is 16.7 Å². The van der Waals surface area contributed by atoms with Crippen molar-refractivity contribution in [2.75, 3.05) is 5.32 Å². The molecule has 0 bridgehead atoms. The molecule has 3 rings (SSSR count). The third kappa shape index (κ3) is 3.21. The van der Waals surface area contributed by atoms with Gasteiger partial charge in [0.25, 0.3) is 0 Å². The first-order chi connectivity index (χ1) is 10.2. The predicted octanol–water partition coefficient (Wildman–Crippen LogP) is 4.03. The van der Waals surface area contributed by atoms with Crippen molar-refractivity contribution in [3.63, 3.8) is 0 Å². The van der Waals surface area contributed by atoms with Crippen LogP contribution in [0.1, 0.15) is 25.4 Å². The molecular formula is C17H19N3O. The van der Waals surface area contributed by atoms with Gasteiger partial charge in [-0.2, -0.15) is 0 Å². The lowest BCUT2D eigenvalue weighted by Crippen LogP contribution is -2.07. The van der Waals surface area contributed by atoms with Gasteiger partial charge in [-0.15, -0.1) is 0 Å². The average molecular weight is 281 g/mol. The van der Waals surface area contributed by atoms with E-state index in [4.69, 9.17) is 4.42 Å². The summed E-state index contributed by atoms with van der Waals surface area (Å²) in [6.07, 6.45) is 2.56. The van der Waals surface area contributed by atoms with Gasteiger partial charge in [0.2, 0.25) is 0 Å². The number of furan rings is 1. The maximum Gasteiger partial charge on any atom is 0.138 e. The van der Waals surface area contributed by atoms with E-state index in [0.29, 0.717) is 12.5 Å². The minimum Gasteiger partial charge on any atom is -0.467 e. The number of rotatable bonds is 5. The Morgan fingerprint density at radius 3 is 2.71 bits per heavy atom. The standard InChI is InChI=1S/C17H19N3O/c1-12(2)10-16-19-15-8-4-3-7-14(15)17(20-16)18-11-13-6-5-9-21-13/h3-9,12H,10-11H2,1-2H3,(H,18,19,20). The van der Waals surface area contributed by atoms with Gasteiger partial charge in [0.05, 0.1) is 18.3 Å². The third-order valence-corrected chi connectivity index (χ3v) is 3.25. The summed E-state index contributed by atoms with van der Waals surface area (Å²) in [5.41, 5.74) is 0.977. The number of nitrogens with one attached hydrogen (secondary N) is 1. The Labute approximate surface area is 124 Å². The Balaban J connectivity index is 1.93. The average Bonchev–Trinajstić information content (AvgIpc) is 2.97. The number of fused-ring (bicyclic) bond motifs is 1. The van der Waals surface area contributed by atoms with E-state index in [1.54, 1.807) is 6.26 Å². The van der Waals surface area contributed by atoms with Crippen molar-refractivity contribution < 1.29 is 4.42 Å². The van der Waals surface area contributed by atoms with Crippen LogP contribution in [-0.4, -0.2) is 9.97 Å². The molecule has 0 unspecified atom stereocenters. The topological polar surface area (TPSA) is 51.0 Å². The minimum atomic E-state index is 0.532. The van der Waals surface area contributed by atoms with Crippen molar-refractivity contribution in [2.45, 2.75) is 26.8 Å².